The molecule has 0 saturated carbocycles. The van der Waals surface area contributed by atoms with Crippen molar-refractivity contribution in [1.82, 2.24) is 10.6 Å². The van der Waals surface area contributed by atoms with E-state index in [0.29, 0.717) is 101 Å². The minimum atomic E-state index is -0.987. The number of methoxy groups -OCH3 is 2. The topological polar surface area (TPSA) is 343 Å². The fourth-order valence-electron chi connectivity index (χ4n) is 6.99. The number of nitro benzene ring substituents is 2. The second-order valence-electron chi connectivity index (χ2n) is 17.7. The third kappa shape index (κ3) is 32.4. The number of nitrogens with one attached hydrogen (secondary N) is 2. The monoisotopic (exact) mass is 1330 g/mol. The van der Waals surface area contributed by atoms with Gasteiger partial charge < -0.3 is 86.4 Å². The molecule has 86 heavy (non-hydrogen) atoms. The van der Waals surface area contributed by atoms with Crippen LogP contribution in [0.15, 0.2) is 36.4 Å². The Balaban J connectivity index is 0.000000458. The molecule has 4 bridgehead atoms. The van der Waals surface area contributed by atoms with Crippen molar-refractivity contribution in [2.24, 2.45) is 0 Å². The average Bonchev–Trinajstić information content (AvgIpc) is 2.41. The number of nitro groups is 2. The number of rotatable bonds is 15. The molecule has 6 rings (SSSR count). The fourth-order valence-corrected chi connectivity index (χ4v) is 9.20. The zero-order chi connectivity index (χ0) is 62.6. The molecule has 2 N–H and O–H groups in total. The Morgan fingerprint density at radius 1 is 0.570 bits per heavy atom. The highest BCUT2D eigenvalue weighted by Crippen LogP contribution is 2.38. The molecule has 0 saturated heterocycles. The van der Waals surface area contributed by atoms with Gasteiger partial charge in [-0.2, -0.15) is 23.5 Å². The number of amides is 2. The van der Waals surface area contributed by atoms with E-state index in [4.69, 9.17) is 75.8 Å². The quantitative estimate of drug-likeness (QED) is 0.0372. The van der Waals surface area contributed by atoms with Gasteiger partial charge in [0.1, 0.15) is 38.5 Å². The normalized spacial score (nSPS) is 18.7. The number of benzene rings is 2. The van der Waals surface area contributed by atoms with Crippen LogP contribution in [0.4, 0.5) is 11.4 Å². The first-order chi connectivity index (χ1) is 41.7. The number of carbonyl (C=O) groups excluding carboxylic acids is 5. The van der Waals surface area contributed by atoms with Crippen molar-refractivity contribution in [2.45, 2.75) is 43.4 Å². The van der Waals surface area contributed by atoms with E-state index < -0.39 is 45.7 Å². The smallest absolute Gasteiger partial charge is 0.333 e. The summed E-state index contributed by atoms with van der Waals surface area (Å²) in [6, 6.07) is 3.73. The van der Waals surface area contributed by atoms with Crippen molar-refractivity contribution in [3.63, 3.8) is 0 Å². The molecule has 0 spiro atoms. The van der Waals surface area contributed by atoms with Gasteiger partial charge in [-0.3, -0.25) is 29.8 Å². The molecule has 0 fully saturated rings. The molecule has 484 valence electrons. The number of fused-ring (bicyclic) bond motifs is 44. The van der Waals surface area contributed by atoms with Crippen molar-refractivity contribution in [1.29, 1.82) is 0 Å². The van der Waals surface area contributed by atoms with Crippen molar-refractivity contribution >= 4 is 80.6 Å². The lowest BCUT2D eigenvalue weighted by Gasteiger charge is -2.17. The lowest BCUT2D eigenvalue weighted by atomic mass is 10.2. The first-order valence-electron chi connectivity index (χ1n) is 27.3. The summed E-state index contributed by atoms with van der Waals surface area (Å²) in [6.07, 6.45) is 0.0563. The minimum absolute atomic E-state index is 0.0122. The standard InChI is InChI=1S/C30H44N2O14S.C24H35BrN2O11S/c1-22(2)29(34)46-17-14-43-13-15-44-26-18-23-20-47-21-24(30(35)38-3)31-28(33)4-5-39-6-7-40-8-9-41-10-11-42-12-16-45-27(26)19-25(23)32(36)37;1-32-24(29)19-17-39-16-18-14-21(37-5-3-25)22(15-20(18)27(30)31)38-13-12-36-11-10-35-9-8-34-7-6-33-4-2-23(28)26-19/h18-19,24H,1,4-17,20-21H2,2-3H3,(H,31,33);14-15,19H,2-13,16-17H2,1H3,(H,26,28). The summed E-state index contributed by atoms with van der Waals surface area (Å²) in [5.74, 6) is -1.15. The van der Waals surface area contributed by atoms with Crippen LogP contribution in [-0.4, -0.2) is 235 Å². The van der Waals surface area contributed by atoms with Crippen LogP contribution >= 0.6 is 39.5 Å². The number of nitrogens with zero attached hydrogens (tertiary/aromatic N) is 2. The second kappa shape index (κ2) is 46.5. The van der Waals surface area contributed by atoms with Gasteiger partial charge in [-0.1, -0.05) is 22.5 Å². The number of hydrogen-bond donors (Lipinski definition) is 2. The molecule has 2 aromatic rings. The van der Waals surface area contributed by atoms with Gasteiger partial charge in [0.2, 0.25) is 11.8 Å². The molecule has 32 heteroatoms. The first-order valence-corrected chi connectivity index (χ1v) is 30.7. The Bertz CT molecular complexity index is 2380. The number of ether oxygens (including phenoxy) is 16. The van der Waals surface area contributed by atoms with Crippen LogP contribution in [0.3, 0.4) is 0 Å². The zero-order valence-corrected chi connectivity index (χ0v) is 51.9. The van der Waals surface area contributed by atoms with Gasteiger partial charge in [-0.05, 0) is 19.1 Å². The summed E-state index contributed by atoms with van der Waals surface area (Å²) in [5.41, 5.74) is 0.601. The van der Waals surface area contributed by atoms with Gasteiger partial charge in [-0.15, -0.1) is 0 Å². The molecule has 2 unspecified atom stereocenters. The van der Waals surface area contributed by atoms with Gasteiger partial charge in [0, 0.05) is 57.9 Å². The molecule has 2 amide bonds. The molecule has 0 radical (unpaired) electrons. The Morgan fingerprint density at radius 2 is 0.930 bits per heavy atom. The third-order valence-corrected chi connectivity index (χ3v) is 13.7. The van der Waals surface area contributed by atoms with Crippen molar-refractivity contribution in [3.8, 4) is 23.0 Å². The maximum absolute atomic E-state index is 12.5. The van der Waals surface area contributed by atoms with Crippen LogP contribution < -0.4 is 29.6 Å². The number of halogens is 1. The highest BCUT2D eigenvalue weighted by molar-refractivity contribution is 9.09. The molecule has 0 aromatic heterocycles. The molecular formula is C54H79BrN4O25S2. The van der Waals surface area contributed by atoms with E-state index in [2.05, 4.69) is 33.1 Å². The van der Waals surface area contributed by atoms with Crippen LogP contribution in [0.2, 0.25) is 0 Å². The lowest BCUT2D eigenvalue weighted by molar-refractivity contribution is -0.385. The number of carbonyl (C=O) groups is 5. The van der Waals surface area contributed by atoms with E-state index in [0.717, 1.165) is 0 Å². The van der Waals surface area contributed by atoms with E-state index in [9.17, 15) is 44.2 Å². The Morgan fingerprint density at radius 3 is 1.29 bits per heavy atom. The van der Waals surface area contributed by atoms with Crippen LogP contribution in [0.25, 0.3) is 0 Å². The molecule has 4 aliphatic heterocycles. The van der Waals surface area contributed by atoms with Gasteiger partial charge in [0.25, 0.3) is 11.4 Å². The van der Waals surface area contributed by atoms with E-state index in [1.54, 1.807) is 13.0 Å². The fraction of sp³-hybridized carbons (Fsp3) is 0.648. The number of thioether (sulfide) groups is 2. The number of hydrogen-bond acceptors (Lipinski definition) is 27. The van der Waals surface area contributed by atoms with Crippen LogP contribution in [0, 0.1) is 20.2 Å². The van der Waals surface area contributed by atoms with Gasteiger partial charge >= 0.3 is 17.9 Å². The maximum atomic E-state index is 12.5. The summed E-state index contributed by atoms with van der Waals surface area (Å²) in [5, 5.41) is 29.7. The molecule has 2 atom stereocenters. The van der Waals surface area contributed by atoms with Gasteiger partial charge in [-0.25, -0.2) is 14.4 Å². The predicted octanol–water partition coefficient (Wildman–Crippen LogP) is 3.96. The largest absolute Gasteiger partial charge is 0.489 e. The van der Waals surface area contributed by atoms with Crippen LogP contribution in [-0.2, 0) is 92.3 Å². The molecular weight excluding hydrogens is 1250 g/mol. The summed E-state index contributed by atoms with van der Waals surface area (Å²) >= 11 is 5.73. The van der Waals surface area contributed by atoms with Gasteiger partial charge in [0.05, 0.1) is 162 Å². The highest BCUT2D eigenvalue weighted by atomic mass is 79.9. The van der Waals surface area contributed by atoms with Crippen molar-refractivity contribution in [2.75, 3.05) is 183 Å². The minimum Gasteiger partial charge on any atom is -0.489 e. The van der Waals surface area contributed by atoms with Crippen LogP contribution in [0.1, 0.15) is 30.9 Å². The van der Waals surface area contributed by atoms with Crippen molar-refractivity contribution in [3.05, 3.63) is 67.8 Å². The Hall–Kier alpha value is -5.65. The number of alkyl halides is 1. The molecule has 0 aliphatic carbocycles. The third-order valence-electron chi connectivity index (χ3n) is 11.2. The SMILES string of the molecule is C=C(C)C(=O)OCCOCCOc1cc2c([N+](=O)[O-])cc1OCCOCCOCCOCCOCCC(=O)NC(C(=O)OC)CSC2.COC(=O)C1CSCc2cc(OCCBr)c(cc2[N+](=O)[O-])OCCOCCOCCOCCOCCC(=O)N1. The van der Waals surface area contributed by atoms with Gasteiger partial charge in [0.15, 0.2) is 23.0 Å². The zero-order valence-electron chi connectivity index (χ0n) is 48.7. The molecule has 4 heterocycles. The first kappa shape index (κ1) is 74.6. The number of esters is 3. The summed E-state index contributed by atoms with van der Waals surface area (Å²) < 4.78 is 86.8. The summed E-state index contributed by atoms with van der Waals surface area (Å²) in [6.45, 7) is 10.8. The second-order valence-corrected chi connectivity index (χ2v) is 20.6. The molecule has 4 aliphatic rings. The molecule has 29 nitrogen and oxygen atoms in total. The molecule has 2 aromatic carbocycles. The lowest BCUT2D eigenvalue weighted by Crippen LogP contribution is -2.43. The van der Waals surface area contributed by atoms with E-state index in [1.165, 1.54) is 55.9 Å². The van der Waals surface area contributed by atoms with E-state index >= 15 is 0 Å². The maximum Gasteiger partial charge on any atom is 0.333 e. The highest BCUT2D eigenvalue weighted by Gasteiger charge is 2.27. The van der Waals surface area contributed by atoms with E-state index in [-0.39, 0.29) is 149 Å². The predicted molar refractivity (Wildman–Crippen MR) is 315 cm³/mol. The summed E-state index contributed by atoms with van der Waals surface area (Å²) in [7, 11) is 2.43. The average molecular weight is 1330 g/mol. The summed E-state index contributed by atoms with van der Waals surface area (Å²) in [4.78, 5) is 83.7. The van der Waals surface area contributed by atoms with Crippen molar-refractivity contribution < 1.29 is 110 Å². The van der Waals surface area contributed by atoms with Crippen LogP contribution in [0.5, 0.6) is 23.0 Å². The Kier molecular flexibility index (Phi) is 40.3. The Labute approximate surface area is 515 Å². The van der Waals surface area contributed by atoms with E-state index in [1.807, 2.05) is 0 Å².